The van der Waals surface area contributed by atoms with E-state index in [0.29, 0.717) is 11.5 Å². The van der Waals surface area contributed by atoms with Crippen molar-refractivity contribution >= 4 is 0 Å². The van der Waals surface area contributed by atoms with Gasteiger partial charge in [-0.1, -0.05) is 64.4 Å². The zero-order chi connectivity index (χ0) is 15.0. The van der Waals surface area contributed by atoms with Crippen LogP contribution in [0.1, 0.15) is 46.1 Å². The number of benzene rings is 1. The van der Waals surface area contributed by atoms with Crippen LogP contribution in [0.15, 0.2) is 30.3 Å². The molecule has 0 fully saturated rings. The number of rotatable bonds is 9. The Labute approximate surface area is 125 Å². The van der Waals surface area contributed by atoms with E-state index in [0.717, 1.165) is 19.6 Å². The summed E-state index contributed by atoms with van der Waals surface area (Å²) < 4.78 is 0. The number of hydrogen-bond acceptors (Lipinski definition) is 2. The second-order valence-electron chi connectivity index (χ2n) is 6.75. The van der Waals surface area contributed by atoms with Crippen LogP contribution in [0, 0.1) is 5.41 Å². The van der Waals surface area contributed by atoms with Gasteiger partial charge < -0.3 is 10.2 Å². The topological polar surface area (TPSA) is 15.3 Å². The molecule has 114 valence electrons. The van der Waals surface area contributed by atoms with Crippen molar-refractivity contribution in [1.82, 2.24) is 10.2 Å². The average molecular weight is 276 g/mol. The van der Waals surface area contributed by atoms with Crippen LogP contribution in [0.3, 0.4) is 0 Å². The molecule has 1 N–H and O–H groups in total. The summed E-state index contributed by atoms with van der Waals surface area (Å²) in [6.45, 7) is 12.4. The highest BCUT2D eigenvalue weighted by atomic mass is 15.1. The first-order valence-corrected chi connectivity index (χ1v) is 7.91. The quantitative estimate of drug-likeness (QED) is 0.735. The van der Waals surface area contributed by atoms with Gasteiger partial charge in [0.15, 0.2) is 0 Å². The van der Waals surface area contributed by atoms with E-state index in [1.807, 2.05) is 0 Å². The fourth-order valence-corrected chi connectivity index (χ4v) is 2.88. The molecule has 0 aliphatic carbocycles. The fourth-order valence-electron chi connectivity index (χ4n) is 2.88. The molecule has 0 aliphatic rings. The Morgan fingerprint density at radius 1 is 1.20 bits per heavy atom. The third kappa shape index (κ3) is 6.53. The van der Waals surface area contributed by atoms with Crippen molar-refractivity contribution in [2.75, 3.05) is 20.1 Å². The van der Waals surface area contributed by atoms with Gasteiger partial charge in [0.25, 0.3) is 0 Å². The molecule has 1 atom stereocenters. The Morgan fingerprint density at radius 2 is 1.85 bits per heavy atom. The first kappa shape index (κ1) is 17.2. The maximum atomic E-state index is 3.61. The Morgan fingerprint density at radius 3 is 2.40 bits per heavy atom. The minimum atomic E-state index is 0.350. The summed E-state index contributed by atoms with van der Waals surface area (Å²) in [7, 11) is 2.23. The van der Waals surface area contributed by atoms with Gasteiger partial charge in [-0.05, 0) is 24.4 Å². The molecule has 0 heterocycles. The molecule has 0 aromatic heterocycles. The Balaban J connectivity index is 2.55. The molecule has 2 heteroatoms. The lowest BCUT2D eigenvalue weighted by molar-refractivity contribution is 0.165. The second kappa shape index (κ2) is 8.43. The summed E-state index contributed by atoms with van der Waals surface area (Å²) in [5.74, 6) is 0. The molecular weight excluding hydrogens is 244 g/mol. The Hall–Kier alpha value is -0.860. The highest BCUT2D eigenvalue weighted by molar-refractivity contribution is 5.14. The fraction of sp³-hybridized carbons (Fsp3) is 0.667. The van der Waals surface area contributed by atoms with Gasteiger partial charge in [0, 0.05) is 25.7 Å². The van der Waals surface area contributed by atoms with E-state index in [1.165, 1.54) is 18.4 Å². The maximum absolute atomic E-state index is 3.61. The highest BCUT2D eigenvalue weighted by Gasteiger charge is 2.25. The van der Waals surface area contributed by atoms with Crippen LogP contribution in [0.5, 0.6) is 0 Å². The minimum absolute atomic E-state index is 0.350. The molecule has 20 heavy (non-hydrogen) atoms. The van der Waals surface area contributed by atoms with Crippen LogP contribution in [0.2, 0.25) is 0 Å². The first-order chi connectivity index (χ1) is 9.45. The Bertz CT molecular complexity index is 361. The van der Waals surface area contributed by atoms with Gasteiger partial charge in [-0.3, -0.25) is 0 Å². The normalized spacial score (nSPS) is 14.8. The Kier molecular flexibility index (Phi) is 7.25. The van der Waals surface area contributed by atoms with Crippen LogP contribution >= 0.6 is 0 Å². The minimum Gasteiger partial charge on any atom is -0.314 e. The molecule has 1 unspecified atom stereocenters. The highest BCUT2D eigenvalue weighted by Crippen LogP contribution is 2.24. The lowest BCUT2D eigenvalue weighted by atomic mass is 9.84. The molecule has 0 bridgehead atoms. The summed E-state index contributed by atoms with van der Waals surface area (Å²) >= 11 is 0. The standard InChI is InChI=1S/C18H32N2/c1-6-12-18(4,14-19-16(2)3)15-20(5)13-17-10-8-7-9-11-17/h7-11,16,19H,6,12-15H2,1-5H3. The zero-order valence-electron chi connectivity index (χ0n) is 13.9. The van der Waals surface area contributed by atoms with Gasteiger partial charge in [-0.15, -0.1) is 0 Å². The van der Waals surface area contributed by atoms with Crippen LogP contribution in [-0.2, 0) is 6.54 Å². The summed E-state index contributed by atoms with van der Waals surface area (Å²) in [6, 6.07) is 11.3. The van der Waals surface area contributed by atoms with Crippen LogP contribution in [0.25, 0.3) is 0 Å². The molecule has 0 aliphatic heterocycles. The van der Waals surface area contributed by atoms with Gasteiger partial charge in [0.2, 0.25) is 0 Å². The molecule has 1 aromatic rings. The van der Waals surface area contributed by atoms with Crippen molar-refractivity contribution in [2.24, 2.45) is 5.41 Å². The average Bonchev–Trinajstić information content (AvgIpc) is 2.37. The van der Waals surface area contributed by atoms with Gasteiger partial charge >= 0.3 is 0 Å². The third-order valence-electron chi connectivity index (χ3n) is 3.74. The van der Waals surface area contributed by atoms with E-state index in [9.17, 15) is 0 Å². The summed E-state index contributed by atoms with van der Waals surface area (Å²) in [5.41, 5.74) is 1.74. The summed E-state index contributed by atoms with van der Waals surface area (Å²) in [6.07, 6.45) is 2.52. The zero-order valence-corrected chi connectivity index (χ0v) is 13.9. The molecule has 0 spiro atoms. The molecule has 0 saturated heterocycles. The lowest BCUT2D eigenvalue weighted by Crippen LogP contribution is -2.42. The van der Waals surface area contributed by atoms with Crippen LogP contribution < -0.4 is 5.32 Å². The van der Waals surface area contributed by atoms with Gasteiger partial charge in [-0.25, -0.2) is 0 Å². The molecule has 2 nitrogen and oxygen atoms in total. The van der Waals surface area contributed by atoms with E-state index in [2.05, 4.69) is 75.3 Å². The van der Waals surface area contributed by atoms with E-state index in [-0.39, 0.29) is 0 Å². The summed E-state index contributed by atoms with van der Waals surface area (Å²) in [4.78, 5) is 2.45. The SMILES string of the molecule is CCCC(C)(CNC(C)C)CN(C)Cc1ccccc1. The van der Waals surface area contributed by atoms with Gasteiger partial charge in [0.05, 0.1) is 0 Å². The monoisotopic (exact) mass is 276 g/mol. The largest absolute Gasteiger partial charge is 0.314 e. The van der Waals surface area contributed by atoms with Gasteiger partial charge in [0.1, 0.15) is 0 Å². The van der Waals surface area contributed by atoms with E-state index < -0.39 is 0 Å². The van der Waals surface area contributed by atoms with E-state index in [4.69, 9.17) is 0 Å². The first-order valence-electron chi connectivity index (χ1n) is 7.91. The number of nitrogens with zero attached hydrogens (tertiary/aromatic N) is 1. The van der Waals surface area contributed by atoms with Gasteiger partial charge in [-0.2, -0.15) is 0 Å². The molecule has 0 amide bonds. The van der Waals surface area contributed by atoms with Crippen LogP contribution in [-0.4, -0.2) is 31.1 Å². The van der Waals surface area contributed by atoms with Crippen LogP contribution in [0.4, 0.5) is 0 Å². The molecule has 1 aromatic carbocycles. The van der Waals surface area contributed by atoms with Crippen molar-refractivity contribution in [3.8, 4) is 0 Å². The van der Waals surface area contributed by atoms with Crippen molar-refractivity contribution in [3.05, 3.63) is 35.9 Å². The number of nitrogens with one attached hydrogen (secondary N) is 1. The maximum Gasteiger partial charge on any atom is 0.0230 e. The third-order valence-corrected chi connectivity index (χ3v) is 3.74. The second-order valence-corrected chi connectivity index (χ2v) is 6.75. The smallest absolute Gasteiger partial charge is 0.0230 e. The van der Waals surface area contributed by atoms with Crippen molar-refractivity contribution in [3.63, 3.8) is 0 Å². The summed E-state index contributed by atoms with van der Waals surface area (Å²) in [5, 5.41) is 3.61. The van der Waals surface area contributed by atoms with E-state index >= 15 is 0 Å². The molecule has 0 saturated carbocycles. The predicted octanol–water partition coefficient (Wildman–Crippen LogP) is 3.92. The van der Waals surface area contributed by atoms with Crippen molar-refractivity contribution in [2.45, 2.75) is 53.1 Å². The number of hydrogen-bond donors (Lipinski definition) is 1. The molecular formula is C18H32N2. The predicted molar refractivity (Wildman–Crippen MR) is 88.9 cm³/mol. The lowest BCUT2D eigenvalue weighted by Gasteiger charge is -2.35. The van der Waals surface area contributed by atoms with Crippen molar-refractivity contribution < 1.29 is 0 Å². The van der Waals surface area contributed by atoms with Crippen molar-refractivity contribution in [1.29, 1.82) is 0 Å². The van der Waals surface area contributed by atoms with E-state index in [1.54, 1.807) is 0 Å². The molecule has 1 rings (SSSR count). The molecule has 0 radical (unpaired) electrons.